The lowest BCUT2D eigenvalue weighted by atomic mass is 9.93. The van der Waals surface area contributed by atoms with Crippen molar-refractivity contribution in [2.45, 2.75) is 46.6 Å². The van der Waals surface area contributed by atoms with Gasteiger partial charge in [0.1, 0.15) is 6.04 Å². The van der Waals surface area contributed by atoms with Gasteiger partial charge < -0.3 is 5.11 Å². The molecule has 0 aliphatic carbocycles. The van der Waals surface area contributed by atoms with Crippen molar-refractivity contribution in [3.05, 3.63) is 0 Å². The van der Waals surface area contributed by atoms with Crippen LogP contribution in [0.3, 0.4) is 0 Å². The molecule has 19 heavy (non-hydrogen) atoms. The molecule has 0 bridgehead atoms. The molecule has 0 saturated carbocycles. The van der Waals surface area contributed by atoms with Gasteiger partial charge in [0.2, 0.25) is 10.0 Å². The van der Waals surface area contributed by atoms with E-state index >= 15 is 0 Å². The summed E-state index contributed by atoms with van der Waals surface area (Å²) >= 11 is 0. The van der Waals surface area contributed by atoms with Gasteiger partial charge in [-0.15, -0.1) is 0 Å². The van der Waals surface area contributed by atoms with Crippen molar-refractivity contribution in [1.82, 2.24) is 4.72 Å². The monoisotopic (exact) mass is 290 g/mol. The first kappa shape index (κ1) is 17.9. The molecule has 0 aromatic heterocycles. The summed E-state index contributed by atoms with van der Waals surface area (Å²) < 4.78 is 25.8. The van der Waals surface area contributed by atoms with Gasteiger partial charge in [-0.2, -0.15) is 5.26 Å². The molecule has 0 radical (unpaired) electrons. The van der Waals surface area contributed by atoms with E-state index in [0.29, 0.717) is 0 Å². The molecule has 0 spiro atoms. The Labute approximate surface area is 114 Å². The zero-order valence-corrected chi connectivity index (χ0v) is 12.6. The summed E-state index contributed by atoms with van der Waals surface area (Å²) in [5.41, 5.74) is -0.745. The summed E-state index contributed by atoms with van der Waals surface area (Å²) in [6, 6.07) is 0.898. The maximum Gasteiger partial charge on any atom is 0.321 e. The number of nitriles is 1. The maximum absolute atomic E-state index is 11.8. The van der Waals surface area contributed by atoms with Gasteiger partial charge in [0, 0.05) is 0 Å². The van der Waals surface area contributed by atoms with E-state index < -0.39 is 27.4 Å². The Bertz CT molecular complexity index is 449. The van der Waals surface area contributed by atoms with Crippen molar-refractivity contribution in [1.29, 1.82) is 5.26 Å². The molecule has 0 unspecified atom stereocenters. The van der Waals surface area contributed by atoms with Crippen molar-refractivity contribution in [3.63, 3.8) is 0 Å². The van der Waals surface area contributed by atoms with Crippen LogP contribution in [-0.2, 0) is 14.8 Å². The number of carboxylic acid groups (broad SMARTS) is 1. The first-order chi connectivity index (χ1) is 8.49. The molecule has 0 rings (SSSR count). The Morgan fingerprint density at radius 2 is 1.95 bits per heavy atom. The number of carboxylic acids is 1. The second kappa shape index (κ2) is 6.87. The van der Waals surface area contributed by atoms with Crippen LogP contribution in [0.5, 0.6) is 0 Å². The van der Waals surface area contributed by atoms with Crippen molar-refractivity contribution < 1.29 is 18.3 Å². The van der Waals surface area contributed by atoms with E-state index in [1.165, 1.54) is 0 Å². The SMILES string of the molecule is CC(C)C[C@H](NS(=O)(=O)CCC(C)(C)C#N)C(=O)O. The molecule has 0 saturated heterocycles. The van der Waals surface area contributed by atoms with Gasteiger partial charge in [-0.25, -0.2) is 13.1 Å². The summed E-state index contributed by atoms with van der Waals surface area (Å²) in [4.78, 5) is 11.0. The second-order valence-corrected chi connectivity index (χ2v) is 7.58. The van der Waals surface area contributed by atoms with E-state index in [1.54, 1.807) is 13.8 Å². The second-order valence-electron chi connectivity index (χ2n) is 5.70. The van der Waals surface area contributed by atoms with Crippen LogP contribution in [0.2, 0.25) is 0 Å². The largest absolute Gasteiger partial charge is 0.480 e. The summed E-state index contributed by atoms with van der Waals surface area (Å²) in [5.74, 6) is -1.37. The Morgan fingerprint density at radius 3 is 2.32 bits per heavy atom. The Balaban J connectivity index is 4.66. The van der Waals surface area contributed by atoms with Gasteiger partial charge in [-0.1, -0.05) is 13.8 Å². The van der Waals surface area contributed by atoms with Crippen LogP contribution in [0.25, 0.3) is 0 Å². The van der Waals surface area contributed by atoms with Crippen molar-refractivity contribution in [2.24, 2.45) is 11.3 Å². The van der Waals surface area contributed by atoms with E-state index in [2.05, 4.69) is 4.72 Å². The van der Waals surface area contributed by atoms with Gasteiger partial charge in [-0.3, -0.25) is 4.79 Å². The Kier molecular flexibility index (Phi) is 6.46. The minimum atomic E-state index is -3.70. The molecule has 7 heteroatoms. The molecule has 0 heterocycles. The van der Waals surface area contributed by atoms with Crippen LogP contribution >= 0.6 is 0 Å². The molecule has 110 valence electrons. The van der Waals surface area contributed by atoms with Crippen LogP contribution in [0, 0.1) is 22.7 Å². The van der Waals surface area contributed by atoms with E-state index in [0.717, 1.165) is 0 Å². The lowest BCUT2D eigenvalue weighted by Gasteiger charge is -2.19. The average Bonchev–Trinajstić information content (AvgIpc) is 2.25. The number of hydrogen-bond donors (Lipinski definition) is 2. The third kappa shape index (κ3) is 7.80. The molecular formula is C12H22N2O4S. The molecule has 6 nitrogen and oxygen atoms in total. The minimum Gasteiger partial charge on any atom is -0.480 e. The zero-order valence-electron chi connectivity index (χ0n) is 11.8. The fourth-order valence-corrected chi connectivity index (χ4v) is 2.92. The highest BCUT2D eigenvalue weighted by molar-refractivity contribution is 7.89. The van der Waals surface area contributed by atoms with Crippen LogP contribution < -0.4 is 4.72 Å². The Hall–Kier alpha value is -1.13. The third-order valence-electron chi connectivity index (χ3n) is 2.63. The fraction of sp³-hybridized carbons (Fsp3) is 0.833. The van der Waals surface area contributed by atoms with Crippen molar-refractivity contribution in [2.75, 3.05) is 5.75 Å². The first-order valence-electron chi connectivity index (χ1n) is 6.13. The highest BCUT2D eigenvalue weighted by Gasteiger charge is 2.27. The average molecular weight is 290 g/mol. The van der Waals surface area contributed by atoms with Crippen molar-refractivity contribution in [3.8, 4) is 6.07 Å². The highest BCUT2D eigenvalue weighted by atomic mass is 32.2. The molecular weight excluding hydrogens is 268 g/mol. The standard InChI is InChI=1S/C12H22N2O4S/c1-9(2)7-10(11(15)16)14-19(17,18)6-5-12(3,4)8-13/h9-10,14H,5-7H2,1-4H3,(H,15,16)/t10-/m0/s1. The zero-order chi connectivity index (χ0) is 15.3. The number of rotatable bonds is 8. The van der Waals surface area contributed by atoms with Crippen LogP contribution in [0.15, 0.2) is 0 Å². The van der Waals surface area contributed by atoms with E-state index in [9.17, 15) is 13.2 Å². The number of nitrogens with zero attached hydrogens (tertiary/aromatic N) is 1. The summed E-state index contributed by atoms with van der Waals surface area (Å²) in [7, 11) is -3.70. The molecule has 2 N–H and O–H groups in total. The predicted molar refractivity (Wildman–Crippen MR) is 71.8 cm³/mol. The molecule has 0 aliphatic heterocycles. The minimum absolute atomic E-state index is 0.0688. The number of aliphatic carboxylic acids is 1. The van der Waals surface area contributed by atoms with Gasteiger partial charge in [0.05, 0.1) is 17.2 Å². The summed E-state index contributed by atoms with van der Waals surface area (Å²) in [5, 5.41) is 17.8. The van der Waals surface area contributed by atoms with Gasteiger partial charge >= 0.3 is 5.97 Å². The van der Waals surface area contributed by atoms with Gasteiger partial charge in [0.15, 0.2) is 0 Å². The smallest absolute Gasteiger partial charge is 0.321 e. The number of sulfonamides is 1. The maximum atomic E-state index is 11.8. The molecule has 0 amide bonds. The van der Waals surface area contributed by atoms with Gasteiger partial charge in [-0.05, 0) is 32.6 Å². The quantitative estimate of drug-likeness (QED) is 0.701. The van der Waals surface area contributed by atoms with Crippen LogP contribution in [0.1, 0.15) is 40.5 Å². The molecule has 0 aromatic carbocycles. The summed E-state index contributed by atoms with van der Waals surface area (Å²) in [6.07, 6.45) is 0.392. The van der Waals surface area contributed by atoms with Crippen molar-refractivity contribution >= 4 is 16.0 Å². The lowest BCUT2D eigenvalue weighted by Crippen LogP contribution is -2.43. The number of nitrogens with one attached hydrogen (secondary N) is 1. The molecule has 0 fully saturated rings. The fourth-order valence-electron chi connectivity index (χ4n) is 1.39. The molecule has 0 aliphatic rings. The Morgan fingerprint density at radius 1 is 1.42 bits per heavy atom. The highest BCUT2D eigenvalue weighted by Crippen LogP contribution is 2.19. The van der Waals surface area contributed by atoms with E-state index in [-0.39, 0.29) is 24.5 Å². The molecule has 1 atom stereocenters. The number of carbonyl (C=O) groups is 1. The topological polar surface area (TPSA) is 107 Å². The van der Waals surface area contributed by atoms with Gasteiger partial charge in [0.25, 0.3) is 0 Å². The number of hydrogen-bond acceptors (Lipinski definition) is 4. The van der Waals surface area contributed by atoms with Crippen LogP contribution in [0.4, 0.5) is 0 Å². The normalized spacial score (nSPS) is 14.1. The first-order valence-corrected chi connectivity index (χ1v) is 7.78. The molecule has 0 aromatic rings. The predicted octanol–water partition coefficient (Wildman–Crippen LogP) is 1.34. The summed E-state index contributed by atoms with van der Waals surface area (Å²) in [6.45, 7) is 6.93. The van der Waals surface area contributed by atoms with Crippen LogP contribution in [-0.4, -0.2) is 31.3 Å². The van der Waals surface area contributed by atoms with E-state index in [1.807, 2.05) is 19.9 Å². The lowest BCUT2D eigenvalue weighted by molar-refractivity contribution is -0.139. The third-order valence-corrected chi connectivity index (χ3v) is 4.01. The van der Waals surface area contributed by atoms with E-state index in [4.69, 9.17) is 10.4 Å².